The van der Waals surface area contributed by atoms with Gasteiger partial charge in [-0.05, 0) is 43.5 Å². The van der Waals surface area contributed by atoms with Crippen molar-refractivity contribution in [3.05, 3.63) is 84.0 Å². The Balaban J connectivity index is 1.37. The third-order valence-electron chi connectivity index (χ3n) is 5.82. The summed E-state index contributed by atoms with van der Waals surface area (Å²) in [6.07, 6.45) is 2.76. The lowest BCUT2D eigenvalue weighted by atomic mass is 10.1. The van der Waals surface area contributed by atoms with E-state index in [9.17, 15) is 22.8 Å². The van der Waals surface area contributed by atoms with Crippen LogP contribution in [0.4, 0.5) is 23.7 Å². The van der Waals surface area contributed by atoms with Crippen LogP contribution in [0.15, 0.2) is 67.0 Å². The molecular formula is C26H26F3N5O3. The Morgan fingerprint density at radius 1 is 1.19 bits per heavy atom. The lowest BCUT2D eigenvalue weighted by molar-refractivity contribution is -0.141. The zero-order valence-electron chi connectivity index (χ0n) is 20.1. The Bertz CT molecular complexity index is 1260. The van der Waals surface area contributed by atoms with E-state index in [4.69, 9.17) is 4.74 Å². The topological polar surface area (TPSA) is 89.4 Å². The van der Waals surface area contributed by atoms with Crippen molar-refractivity contribution in [2.45, 2.75) is 25.9 Å². The van der Waals surface area contributed by atoms with Gasteiger partial charge >= 0.3 is 12.3 Å². The molecule has 8 nitrogen and oxygen atoms in total. The number of anilines is 1. The number of rotatable bonds is 7. The summed E-state index contributed by atoms with van der Waals surface area (Å²) in [4.78, 5) is 30.5. The largest absolute Gasteiger partial charge is 0.450 e. The zero-order valence-corrected chi connectivity index (χ0v) is 20.1. The number of allylic oxidation sites excluding steroid dienone is 1. The molecule has 3 heterocycles. The highest BCUT2D eigenvalue weighted by molar-refractivity contribution is 6.05. The van der Waals surface area contributed by atoms with Crippen LogP contribution in [0.5, 0.6) is 0 Å². The van der Waals surface area contributed by atoms with E-state index in [0.29, 0.717) is 31.8 Å². The van der Waals surface area contributed by atoms with Gasteiger partial charge < -0.3 is 15.0 Å². The fraction of sp³-hybridized carbons (Fsp3) is 0.308. The third kappa shape index (κ3) is 6.54. The van der Waals surface area contributed by atoms with Crippen molar-refractivity contribution in [2.24, 2.45) is 5.92 Å². The van der Waals surface area contributed by atoms with E-state index >= 15 is 0 Å². The van der Waals surface area contributed by atoms with E-state index in [-0.39, 0.29) is 17.7 Å². The summed E-state index contributed by atoms with van der Waals surface area (Å²) in [6.45, 7) is 3.38. The molecule has 2 amide bonds. The molecule has 1 saturated heterocycles. The van der Waals surface area contributed by atoms with E-state index in [1.165, 1.54) is 6.20 Å². The Kier molecular flexibility index (Phi) is 7.90. The van der Waals surface area contributed by atoms with Crippen molar-refractivity contribution in [3.63, 3.8) is 0 Å². The van der Waals surface area contributed by atoms with Crippen molar-refractivity contribution < 1.29 is 27.5 Å². The molecule has 0 aliphatic carbocycles. The summed E-state index contributed by atoms with van der Waals surface area (Å²) in [5.74, 6) is -0.695. The van der Waals surface area contributed by atoms with E-state index in [0.717, 1.165) is 23.0 Å². The predicted octanol–water partition coefficient (Wildman–Crippen LogP) is 5.12. The number of nitrogens with zero attached hydrogens (tertiary/aromatic N) is 4. The molecule has 1 aliphatic heterocycles. The summed E-state index contributed by atoms with van der Waals surface area (Å²) in [6, 6.07) is 11.5. The lowest BCUT2D eigenvalue weighted by Crippen LogP contribution is -2.29. The van der Waals surface area contributed by atoms with Crippen LogP contribution in [0.3, 0.4) is 0 Å². The molecule has 0 radical (unpaired) electrons. The number of amides is 2. The molecule has 1 atom stereocenters. The molecule has 2 aromatic heterocycles. The first kappa shape index (κ1) is 25.9. The SMILES string of the molecule is CCOC(=O)N1CCC(/C=C/Cc2ccc(NC(=O)c3cn(-c4ccccc4)nc3C(F)(F)F)cn2)C1. The summed E-state index contributed by atoms with van der Waals surface area (Å²) in [5.41, 5.74) is -0.465. The number of pyridine rings is 1. The average Bonchev–Trinajstić information content (AvgIpc) is 3.54. The van der Waals surface area contributed by atoms with Gasteiger partial charge in [-0.3, -0.25) is 9.78 Å². The van der Waals surface area contributed by atoms with Crippen LogP contribution in [0.25, 0.3) is 5.69 Å². The first-order valence-electron chi connectivity index (χ1n) is 11.8. The number of hydrogen-bond acceptors (Lipinski definition) is 5. The molecule has 3 aromatic rings. The minimum atomic E-state index is -4.80. The monoisotopic (exact) mass is 513 g/mol. The molecule has 4 rings (SSSR count). The molecule has 0 bridgehead atoms. The average molecular weight is 514 g/mol. The number of alkyl halides is 3. The number of halogens is 3. The number of nitrogens with one attached hydrogen (secondary N) is 1. The number of carbonyl (C=O) groups excluding carboxylic acids is 2. The van der Waals surface area contributed by atoms with Crippen molar-refractivity contribution in [3.8, 4) is 5.69 Å². The van der Waals surface area contributed by atoms with Crippen LogP contribution in [-0.4, -0.2) is 51.4 Å². The second kappa shape index (κ2) is 11.3. The molecule has 0 saturated carbocycles. The number of aromatic nitrogens is 3. The summed E-state index contributed by atoms with van der Waals surface area (Å²) >= 11 is 0. The highest BCUT2D eigenvalue weighted by Crippen LogP contribution is 2.32. The van der Waals surface area contributed by atoms with Gasteiger partial charge in [-0.25, -0.2) is 9.48 Å². The van der Waals surface area contributed by atoms with Crippen molar-refractivity contribution in [1.29, 1.82) is 0 Å². The quantitative estimate of drug-likeness (QED) is 0.443. The van der Waals surface area contributed by atoms with Crippen molar-refractivity contribution >= 4 is 17.7 Å². The lowest BCUT2D eigenvalue weighted by Gasteiger charge is -2.14. The summed E-state index contributed by atoms with van der Waals surface area (Å²) in [5, 5.41) is 6.06. The molecule has 1 aromatic carbocycles. The van der Waals surface area contributed by atoms with Gasteiger partial charge in [0.2, 0.25) is 0 Å². The predicted molar refractivity (Wildman–Crippen MR) is 130 cm³/mol. The van der Waals surface area contributed by atoms with Crippen LogP contribution < -0.4 is 5.32 Å². The Hall–Kier alpha value is -4.15. The molecule has 194 valence electrons. The van der Waals surface area contributed by atoms with E-state index in [2.05, 4.69) is 15.4 Å². The van der Waals surface area contributed by atoms with E-state index in [1.54, 1.807) is 54.3 Å². The van der Waals surface area contributed by atoms with E-state index < -0.39 is 23.3 Å². The highest BCUT2D eigenvalue weighted by Gasteiger charge is 2.39. The van der Waals surface area contributed by atoms with Crippen LogP contribution >= 0.6 is 0 Å². The van der Waals surface area contributed by atoms with Gasteiger partial charge in [0, 0.05) is 31.4 Å². The highest BCUT2D eigenvalue weighted by atomic mass is 19.4. The van der Waals surface area contributed by atoms with Gasteiger partial charge in [-0.15, -0.1) is 0 Å². The molecule has 1 fully saturated rings. The normalized spacial score (nSPS) is 15.8. The maximum absolute atomic E-state index is 13.6. The minimum absolute atomic E-state index is 0.239. The molecule has 37 heavy (non-hydrogen) atoms. The standard InChI is InChI=1S/C26H26F3N5O3/c1-2-37-25(36)33-14-13-18(16-33)7-6-8-19-11-12-20(15-30-19)31-24(35)22-17-34(21-9-4-3-5-10-21)32-23(22)26(27,28)29/h3-7,9-12,15,17-18H,2,8,13-14,16H2,1H3,(H,31,35)/b7-6+. The minimum Gasteiger partial charge on any atom is -0.450 e. The first-order valence-corrected chi connectivity index (χ1v) is 11.8. The smallest absolute Gasteiger partial charge is 0.435 e. The van der Waals surface area contributed by atoms with Crippen molar-refractivity contribution in [2.75, 3.05) is 25.0 Å². The number of ether oxygens (including phenoxy) is 1. The first-order chi connectivity index (χ1) is 17.7. The Morgan fingerprint density at radius 3 is 2.65 bits per heavy atom. The zero-order chi connectivity index (χ0) is 26.4. The van der Waals surface area contributed by atoms with Gasteiger partial charge in [-0.2, -0.15) is 18.3 Å². The summed E-state index contributed by atoms with van der Waals surface area (Å²) in [7, 11) is 0. The summed E-state index contributed by atoms with van der Waals surface area (Å²) < 4.78 is 46.7. The van der Waals surface area contributed by atoms with Gasteiger partial charge in [0.25, 0.3) is 5.91 Å². The Morgan fingerprint density at radius 2 is 1.97 bits per heavy atom. The number of hydrogen-bond donors (Lipinski definition) is 1. The molecular weight excluding hydrogens is 487 g/mol. The van der Waals surface area contributed by atoms with Gasteiger partial charge in [-0.1, -0.05) is 30.4 Å². The fourth-order valence-corrected chi connectivity index (χ4v) is 3.99. The van der Waals surface area contributed by atoms with E-state index in [1.807, 2.05) is 12.2 Å². The number of para-hydroxylation sites is 1. The van der Waals surface area contributed by atoms with Crippen LogP contribution in [0.2, 0.25) is 0 Å². The number of benzene rings is 1. The molecule has 0 spiro atoms. The van der Waals surface area contributed by atoms with Gasteiger partial charge in [0.05, 0.1) is 29.7 Å². The molecule has 1 unspecified atom stereocenters. The fourth-order valence-electron chi connectivity index (χ4n) is 3.99. The van der Waals surface area contributed by atoms with Crippen LogP contribution in [0, 0.1) is 5.92 Å². The molecule has 1 aliphatic rings. The van der Waals surface area contributed by atoms with Crippen LogP contribution in [-0.2, 0) is 17.3 Å². The maximum Gasteiger partial charge on any atom is 0.435 e. The third-order valence-corrected chi connectivity index (χ3v) is 5.82. The molecule has 1 N–H and O–H groups in total. The van der Waals surface area contributed by atoms with Crippen molar-refractivity contribution in [1.82, 2.24) is 19.7 Å². The number of carbonyl (C=O) groups is 2. The maximum atomic E-state index is 13.6. The second-order valence-corrected chi connectivity index (χ2v) is 8.49. The van der Waals surface area contributed by atoms with Gasteiger partial charge in [0.15, 0.2) is 5.69 Å². The number of likely N-dealkylation sites (tertiary alicyclic amines) is 1. The van der Waals surface area contributed by atoms with Gasteiger partial charge in [0.1, 0.15) is 0 Å². The van der Waals surface area contributed by atoms with Crippen LogP contribution in [0.1, 0.15) is 35.1 Å². The second-order valence-electron chi connectivity index (χ2n) is 8.49. The molecule has 11 heteroatoms. The Labute approximate surface area is 211 Å².